The molecule has 0 atom stereocenters. The van der Waals surface area contributed by atoms with E-state index >= 15 is 0 Å². The minimum absolute atomic E-state index is 0.0623. The van der Waals surface area contributed by atoms with Crippen LogP contribution in [0.15, 0.2) is 24.3 Å². The summed E-state index contributed by atoms with van der Waals surface area (Å²) >= 11 is 5.78. The second kappa shape index (κ2) is 3.92. The average molecular weight is 261 g/mol. The van der Waals surface area contributed by atoms with Gasteiger partial charge in [0.2, 0.25) is 11.2 Å². The van der Waals surface area contributed by atoms with Gasteiger partial charge < -0.3 is 5.73 Å². The molecule has 1 aromatic carbocycles. The molecule has 0 aliphatic rings. The maximum atomic E-state index is 5.78. The number of halogens is 1. The molecular formula is C11H9ClN6. The Bertz CT molecular complexity index is 715. The summed E-state index contributed by atoms with van der Waals surface area (Å²) in [6.45, 7) is 0. The summed E-state index contributed by atoms with van der Waals surface area (Å²) in [5.41, 5.74) is 7.20. The van der Waals surface area contributed by atoms with Crippen LogP contribution < -0.4 is 5.73 Å². The molecule has 0 bridgehead atoms. The third-order valence-corrected chi connectivity index (χ3v) is 2.76. The Kier molecular flexibility index (Phi) is 2.38. The van der Waals surface area contributed by atoms with E-state index in [0.717, 1.165) is 10.9 Å². The SMILES string of the molecule is Cn1nc(-c2nc(N)nc(Cl)n2)c2ccccc21. The van der Waals surface area contributed by atoms with Gasteiger partial charge in [0.15, 0.2) is 5.82 Å². The highest BCUT2D eigenvalue weighted by molar-refractivity contribution is 6.28. The summed E-state index contributed by atoms with van der Waals surface area (Å²) in [5.74, 6) is 0.462. The van der Waals surface area contributed by atoms with Crippen LogP contribution in [-0.2, 0) is 7.05 Å². The van der Waals surface area contributed by atoms with Gasteiger partial charge in [0, 0.05) is 12.4 Å². The van der Waals surface area contributed by atoms with Gasteiger partial charge >= 0.3 is 0 Å². The molecule has 6 nitrogen and oxygen atoms in total. The fourth-order valence-corrected chi connectivity index (χ4v) is 2.02. The second-order valence-corrected chi connectivity index (χ2v) is 4.11. The summed E-state index contributed by atoms with van der Waals surface area (Å²) in [6, 6.07) is 7.80. The largest absolute Gasteiger partial charge is 0.368 e. The topological polar surface area (TPSA) is 82.5 Å². The van der Waals surface area contributed by atoms with Crippen LogP contribution in [0.3, 0.4) is 0 Å². The first kappa shape index (κ1) is 10.9. The normalized spacial score (nSPS) is 11.0. The first-order chi connectivity index (χ1) is 8.65. The first-order valence-electron chi connectivity index (χ1n) is 5.24. The van der Waals surface area contributed by atoms with E-state index in [-0.39, 0.29) is 11.2 Å². The predicted octanol–water partition coefficient (Wildman–Crippen LogP) is 1.66. The minimum atomic E-state index is 0.0623. The number of nitrogen functional groups attached to an aromatic ring is 1. The lowest BCUT2D eigenvalue weighted by atomic mass is 10.2. The van der Waals surface area contributed by atoms with Crippen molar-refractivity contribution in [2.75, 3.05) is 5.73 Å². The van der Waals surface area contributed by atoms with Gasteiger partial charge in [-0.25, -0.2) is 0 Å². The highest BCUT2D eigenvalue weighted by Gasteiger charge is 2.14. The van der Waals surface area contributed by atoms with Crippen LogP contribution in [0, 0.1) is 0 Å². The molecular weight excluding hydrogens is 252 g/mol. The van der Waals surface area contributed by atoms with Crippen LogP contribution >= 0.6 is 11.6 Å². The molecule has 3 rings (SSSR count). The summed E-state index contributed by atoms with van der Waals surface area (Å²) in [5, 5.41) is 5.40. The molecule has 2 heterocycles. The monoisotopic (exact) mass is 260 g/mol. The number of para-hydroxylation sites is 1. The van der Waals surface area contributed by atoms with Crippen LogP contribution in [0.5, 0.6) is 0 Å². The van der Waals surface area contributed by atoms with Crippen molar-refractivity contribution in [1.82, 2.24) is 24.7 Å². The van der Waals surface area contributed by atoms with Crippen LogP contribution in [0.2, 0.25) is 5.28 Å². The quantitative estimate of drug-likeness (QED) is 0.719. The van der Waals surface area contributed by atoms with E-state index in [0.29, 0.717) is 11.5 Å². The highest BCUT2D eigenvalue weighted by Crippen LogP contribution is 2.25. The van der Waals surface area contributed by atoms with Crippen molar-refractivity contribution < 1.29 is 0 Å². The van der Waals surface area contributed by atoms with Crippen LogP contribution in [0.1, 0.15) is 0 Å². The third kappa shape index (κ3) is 1.67. The molecule has 3 aromatic rings. The van der Waals surface area contributed by atoms with Gasteiger partial charge in [-0.3, -0.25) is 4.68 Å². The number of hydrogen-bond donors (Lipinski definition) is 1. The number of fused-ring (bicyclic) bond motifs is 1. The molecule has 0 saturated carbocycles. The lowest BCUT2D eigenvalue weighted by molar-refractivity contribution is 0.797. The average Bonchev–Trinajstić information content (AvgIpc) is 2.66. The van der Waals surface area contributed by atoms with Crippen LogP contribution in [0.4, 0.5) is 5.95 Å². The Morgan fingerprint density at radius 2 is 1.94 bits per heavy atom. The van der Waals surface area contributed by atoms with Crippen molar-refractivity contribution in [3.63, 3.8) is 0 Å². The smallest absolute Gasteiger partial charge is 0.227 e. The zero-order valence-corrected chi connectivity index (χ0v) is 10.3. The van der Waals surface area contributed by atoms with Gasteiger partial charge in [-0.1, -0.05) is 18.2 Å². The zero-order chi connectivity index (χ0) is 12.7. The van der Waals surface area contributed by atoms with Crippen molar-refractivity contribution >= 4 is 28.5 Å². The molecule has 0 unspecified atom stereocenters. The Morgan fingerprint density at radius 3 is 2.72 bits per heavy atom. The Balaban J connectivity index is 2.31. The molecule has 0 spiro atoms. The lowest BCUT2D eigenvalue weighted by Gasteiger charge is -1.98. The molecule has 0 aliphatic heterocycles. The standard InChI is InChI=1S/C11H9ClN6/c1-18-7-5-3-2-4-6(7)8(17-18)9-14-10(12)16-11(13)15-9/h2-5H,1H3,(H2,13,14,15,16). The molecule has 0 aliphatic carbocycles. The molecule has 2 aromatic heterocycles. The van der Waals surface area contributed by atoms with Crippen molar-refractivity contribution in [3.05, 3.63) is 29.5 Å². The van der Waals surface area contributed by atoms with E-state index < -0.39 is 0 Å². The minimum Gasteiger partial charge on any atom is -0.368 e. The predicted molar refractivity (Wildman–Crippen MR) is 69.0 cm³/mol. The van der Waals surface area contributed by atoms with Gasteiger partial charge in [-0.15, -0.1) is 0 Å². The van der Waals surface area contributed by atoms with Crippen molar-refractivity contribution in [1.29, 1.82) is 0 Å². The van der Waals surface area contributed by atoms with Gasteiger partial charge in [0.1, 0.15) is 5.69 Å². The third-order valence-electron chi connectivity index (χ3n) is 2.60. The zero-order valence-electron chi connectivity index (χ0n) is 9.50. The molecule has 7 heteroatoms. The molecule has 0 radical (unpaired) electrons. The van der Waals surface area contributed by atoms with Crippen molar-refractivity contribution in [2.45, 2.75) is 0 Å². The Morgan fingerprint density at radius 1 is 1.17 bits per heavy atom. The number of aromatic nitrogens is 5. The number of aryl methyl sites for hydroxylation is 1. The molecule has 18 heavy (non-hydrogen) atoms. The van der Waals surface area contributed by atoms with E-state index in [4.69, 9.17) is 17.3 Å². The van der Waals surface area contributed by atoms with Crippen molar-refractivity contribution in [2.24, 2.45) is 7.05 Å². The van der Waals surface area contributed by atoms with E-state index in [1.807, 2.05) is 31.3 Å². The van der Waals surface area contributed by atoms with Crippen molar-refractivity contribution in [3.8, 4) is 11.5 Å². The molecule has 2 N–H and O–H groups in total. The fourth-order valence-electron chi connectivity index (χ4n) is 1.85. The Labute approximate surface area is 107 Å². The van der Waals surface area contributed by atoms with E-state index in [9.17, 15) is 0 Å². The van der Waals surface area contributed by atoms with Gasteiger partial charge in [-0.05, 0) is 17.7 Å². The number of benzene rings is 1. The maximum absolute atomic E-state index is 5.78. The Hall–Kier alpha value is -2.21. The molecule has 0 fully saturated rings. The van der Waals surface area contributed by atoms with Gasteiger partial charge in [-0.2, -0.15) is 20.1 Å². The van der Waals surface area contributed by atoms with Gasteiger partial charge in [0.05, 0.1) is 5.52 Å². The molecule has 0 saturated heterocycles. The van der Waals surface area contributed by atoms with Crippen LogP contribution in [-0.4, -0.2) is 24.7 Å². The molecule has 0 amide bonds. The van der Waals surface area contributed by atoms with Gasteiger partial charge in [0.25, 0.3) is 0 Å². The maximum Gasteiger partial charge on any atom is 0.227 e. The summed E-state index contributed by atoms with van der Waals surface area (Å²) in [4.78, 5) is 11.9. The number of anilines is 1. The van der Waals surface area contributed by atoms with E-state index in [2.05, 4.69) is 20.1 Å². The highest BCUT2D eigenvalue weighted by atomic mass is 35.5. The number of nitrogens with zero attached hydrogens (tertiary/aromatic N) is 5. The number of nitrogens with two attached hydrogens (primary N) is 1. The summed E-state index contributed by atoms with van der Waals surface area (Å²) in [6.07, 6.45) is 0. The molecule has 90 valence electrons. The number of rotatable bonds is 1. The number of hydrogen-bond acceptors (Lipinski definition) is 5. The summed E-state index contributed by atoms with van der Waals surface area (Å²) in [7, 11) is 1.86. The fraction of sp³-hybridized carbons (Fsp3) is 0.0909. The first-order valence-corrected chi connectivity index (χ1v) is 5.62. The van der Waals surface area contributed by atoms with E-state index in [1.165, 1.54) is 0 Å². The summed E-state index contributed by atoms with van der Waals surface area (Å²) < 4.78 is 1.76. The van der Waals surface area contributed by atoms with E-state index in [1.54, 1.807) is 4.68 Å². The lowest BCUT2D eigenvalue weighted by Crippen LogP contribution is -2.00. The van der Waals surface area contributed by atoms with Crippen LogP contribution in [0.25, 0.3) is 22.4 Å². The second-order valence-electron chi connectivity index (χ2n) is 3.78.